The van der Waals surface area contributed by atoms with E-state index in [1.54, 1.807) is 0 Å². The van der Waals surface area contributed by atoms with Crippen LogP contribution >= 0.6 is 0 Å². The third kappa shape index (κ3) is 2.59. The minimum atomic E-state index is -0.393. The first-order valence-electron chi connectivity index (χ1n) is 10.3. The van der Waals surface area contributed by atoms with Crippen LogP contribution in [0.15, 0.2) is 30.5 Å². The molecule has 0 unspecified atom stereocenters. The fourth-order valence-electron chi connectivity index (χ4n) is 5.45. The van der Waals surface area contributed by atoms with E-state index in [1.807, 2.05) is 47.1 Å². The van der Waals surface area contributed by atoms with Gasteiger partial charge in [-0.1, -0.05) is 12.1 Å². The summed E-state index contributed by atoms with van der Waals surface area (Å²) in [6.07, 6.45) is 6.26. The average Bonchev–Trinajstić information content (AvgIpc) is 3.02. The standard InChI is InChI=1S/C22H26N4O3/c1-25-18-15(13-23-25)14-26(17-6-4-3-5-16(17)24-18)19(27)21-7-10-22(11-8-21,12-9-21)20(28)29-2/h3-6,13,24H,7-12,14H2,1-2H3. The molecule has 0 saturated heterocycles. The molecule has 152 valence electrons. The highest BCUT2D eigenvalue weighted by molar-refractivity contribution is 6.02. The highest BCUT2D eigenvalue weighted by atomic mass is 16.5. The first kappa shape index (κ1) is 18.2. The van der Waals surface area contributed by atoms with Crippen molar-refractivity contribution in [2.75, 3.05) is 17.3 Å². The lowest BCUT2D eigenvalue weighted by molar-refractivity contribution is -0.165. The molecule has 6 rings (SSSR count). The lowest BCUT2D eigenvalue weighted by Crippen LogP contribution is -2.53. The van der Waals surface area contributed by atoms with Crippen molar-refractivity contribution in [1.29, 1.82) is 0 Å². The van der Waals surface area contributed by atoms with Gasteiger partial charge in [-0.3, -0.25) is 14.3 Å². The number of hydrogen-bond donors (Lipinski definition) is 1. The van der Waals surface area contributed by atoms with Crippen LogP contribution in [0.25, 0.3) is 0 Å². The Balaban J connectivity index is 1.49. The monoisotopic (exact) mass is 394 g/mol. The molecule has 7 heteroatoms. The van der Waals surface area contributed by atoms with E-state index in [4.69, 9.17) is 4.74 Å². The zero-order chi connectivity index (χ0) is 20.2. The van der Waals surface area contributed by atoms with E-state index in [9.17, 15) is 9.59 Å². The fourth-order valence-corrected chi connectivity index (χ4v) is 5.45. The van der Waals surface area contributed by atoms with Crippen molar-refractivity contribution >= 4 is 29.1 Å². The molecule has 1 aromatic heterocycles. The topological polar surface area (TPSA) is 76.5 Å². The van der Waals surface area contributed by atoms with Gasteiger partial charge in [0, 0.05) is 18.0 Å². The molecular weight excluding hydrogens is 368 g/mol. The molecule has 3 fully saturated rings. The Morgan fingerprint density at radius 1 is 1.07 bits per heavy atom. The number of amides is 1. The summed E-state index contributed by atoms with van der Waals surface area (Å²) in [5.74, 6) is 0.978. The summed E-state index contributed by atoms with van der Waals surface area (Å²) >= 11 is 0. The summed E-state index contributed by atoms with van der Waals surface area (Å²) in [6.45, 7) is 0.496. The molecule has 2 aromatic rings. The SMILES string of the molecule is COC(=O)C12CCC(C(=O)N3Cc4cnn(C)c4Nc4ccccc43)(CC1)CC2. The molecule has 4 aliphatic rings. The largest absolute Gasteiger partial charge is 0.469 e. The molecule has 1 aromatic carbocycles. The molecule has 3 saturated carbocycles. The quantitative estimate of drug-likeness (QED) is 0.789. The van der Waals surface area contributed by atoms with Crippen LogP contribution in [-0.2, 0) is 27.9 Å². The zero-order valence-electron chi connectivity index (χ0n) is 16.9. The fraction of sp³-hybridized carbons (Fsp3) is 0.500. The number of anilines is 3. The number of fused-ring (bicyclic) bond motifs is 5. The van der Waals surface area contributed by atoms with Crippen molar-refractivity contribution in [3.8, 4) is 0 Å². The highest BCUT2D eigenvalue weighted by Crippen LogP contribution is 2.58. The number of hydrogen-bond acceptors (Lipinski definition) is 5. The number of nitrogens with one attached hydrogen (secondary N) is 1. The van der Waals surface area contributed by atoms with Crippen molar-refractivity contribution in [2.24, 2.45) is 17.9 Å². The smallest absolute Gasteiger partial charge is 0.311 e. The Morgan fingerprint density at radius 3 is 2.41 bits per heavy atom. The minimum Gasteiger partial charge on any atom is -0.469 e. The van der Waals surface area contributed by atoms with Crippen molar-refractivity contribution in [3.63, 3.8) is 0 Å². The first-order valence-corrected chi connectivity index (χ1v) is 10.3. The van der Waals surface area contributed by atoms with Gasteiger partial charge in [0.1, 0.15) is 5.82 Å². The second kappa shape index (κ2) is 6.34. The Labute approximate surface area is 170 Å². The van der Waals surface area contributed by atoms with Gasteiger partial charge in [0.2, 0.25) is 5.91 Å². The third-order valence-corrected chi connectivity index (χ3v) is 7.35. The van der Waals surface area contributed by atoms with Gasteiger partial charge in [-0.25, -0.2) is 0 Å². The van der Waals surface area contributed by atoms with Gasteiger partial charge in [0.15, 0.2) is 0 Å². The molecule has 7 nitrogen and oxygen atoms in total. The molecule has 0 radical (unpaired) electrons. The molecule has 1 aliphatic heterocycles. The maximum Gasteiger partial charge on any atom is 0.311 e. The number of nitrogens with zero attached hydrogens (tertiary/aromatic N) is 3. The maximum absolute atomic E-state index is 14.0. The lowest BCUT2D eigenvalue weighted by Gasteiger charge is -2.51. The Morgan fingerprint density at radius 2 is 1.72 bits per heavy atom. The number of aryl methyl sites for hydroxylation is 1. The highest BCUT2D eigenvalue weighted by Gasteiger charge is 2.57. The number of ether oxygens (including phenoxy) is 1. The van der Waals surface area contributed by atoms with Crippen LogP contribution in [0, 0.1) is 10.8 Å². The van der Waals surface area contributed by atoms with Gasteiger partial charge >= 0.3 is 5.97 Å². The Hall–Kier alpha value is -2.83. The van der Waals surface area contributed by atoms with Gasteiger partial charge in [0.05, 0.1) is 36.6 Å². The molecule has 1 N–H and O–H groups in total. The van der Waals surface area contributed by atoms with Crippen LogP contribution < -0.4 is 10.2 Å². The molecular formula is C22H26N4O3. The summed E-state index contributed by atoms with van der Waals surface area (Å²) in [5, 5.41) is 7.82. The van der Waals surface area contributed by atoms with E-state index in [-0.39, 0.29) is 17.3 Å². The predicted octanol–water partition coefficient (Wildman–Crippen LogP) is 3.52. The Bertz CT molecular complexity index is 971. The van der Waals surface area contributed by atoms with E-state index in [1.165, 1.54) is 7.11 Å². The van der Waals surface area contributed by atoms with Gasteiger partial charge in [-0.15, -0.1) is 0 Å². The van der Waals surface area contributed by atoms with E-state index in [2.05, 4.69) is 10.4 Å². The van der Waals surface area contributed by atoms with E-state index in [0.717, 1.165) is 61.3 Å². The van der Waals surface area contributed by atoms with Crippen LogP contribution in [0.4, 0.5) is 17.2 Å². The molecule has 1 amide bonds. The molecule has 29 heavy (non-hydrogen) atoms. The van der Waals surface area contributed by atoms with Crippen LogP contribution in [-0.4, -0.2) is 28.8 Å². The van der Waals surface area contributed by atoms with Gasteiger partial charge in [-0.05, 0) is 50.7 Å². The van der Waals surface area contributed by atoms with Crippen LogP contribution in [0.2, 0.25) is 0 Å². The number of carbonyl (C=O) groups is 2. The molecule has 0 spiro atoms. The number of para-hydroxylation sites is 2. The molecule has 3 aliphatic carbocycles. The predicted molar refractivity (Wildman–Crippen MR) is 109 cm³/mol. The summed E-state index contributed by atoms with van der Waals surface area (Å²) < 4.78 is 6.88. The van der Waals surface area contributed by atoms with Gasteiger partial charge in [-0.2, -0.15) is 5.10 Å². The van der Waals surface area contributed by atoms with Crippen LogP contribution in [0.3, 0.4) is 0 Å². The zero-order valence-corrected chi connectivity index (χ0v) is 16.9. The van der Waals surface area contributed by atoms with Crippen molar-refractivity contribution in [3.05, 3.63) is 36.0 Å². The van der Waals surface area contributed by atoms with E-state index >= 15 is 0 Å². The first-order chi connectivity index (χ1) is 14.0. The summed E-state index contributed by atoms with van der Waals surface area (Å²) in [6, 6.07) is 7.94. The van der Waals surface area contributed by atoms with E-state index in [0.29, 0.717) is 6.54 Å². The number of benzene rings is 1. The second-order valence-corrected chi connectivity index (χ2v) is 8.73. The minimum absolute atomic E-state index is 0.109. The normalized spacial score (nSPS) is 27.4. The second-order valence-electron chi connectivity index (χ2n) is 8.73. The number of rotatable bonds is 2. The van der Waals surface area contributed by atoms with Gasteiger partial charge in [0.25, 0.3) is 0 Å². The molecule has 2 heterocycles. The summed E-state index contributed by atoms with van der Waals surface area (Å²) in [7, 11) is 3.37. The third-order valence-electron chi connectivity index (χ3n) is 7.35. The maximum atomic E-state index is 14.0. The summed E-state index contributed by atoms with van der Waals surface area (Å²) in [5.41, 5.74) is 2.04. The molecule has 0 atom stereocenters. The van der Waals surface area contributed by atoms with E-state index < -0.39 is 5.41 Å². The average molecular weight is 394 g/mol. The number of methoxy groups -OCH3 is 1. The van der Waals surface area contributed by atoms with Gasteiger partial charge < -0.3 is 15.0 Å². The summed E-state index contributed by atoms with van der Waals surface area (Å²) in [4.78, 5) is 28.2. The number of carbonyl (C=O) groups excluding carboxylic acids is 2. The number of aromatic nitrogens is 2. The molecule has 2 bridgehead atoms. The van der Waals surface area contributed by atoms with Crippen LogP contribution in [0.5, 0.6) is 0 Å². The van der Waals surface area contributed by atoms with Crippen molar-refractivity contribution in [1.82, 2.24) is 9.78 Å². The lowest BCUT2D eigenvalue weighted by atomic mass is 9.53. The number of esters is 1. The van der Waals surface area contributed by atoms with Crippen LogP contribution in [0.1, 0.15) is 44.1 Å². The van der Waals surface area contributed by atoms with Crippen molar-refractivity contribution < 1.29 is 14.3 Å². The van der Waals surface area contributed by atoms with Crippen molar-refractivity contribution in [2.45, 2.75) is 45.1 Å². The Kier molecular flexibility index (Phi) is 3.98.